The number of H-pyrrole nitrogens is 1. The molecule has 36 heavy (non-hydrogen) atoms. The van der Waals surface area contributed by atoms with E-state index in [9.17, 15) is 14.0 Å². The van der Waals surface area contributed by atoms with Crippen LogP contribution in [0.25, 0.3) is 0 Å². The van der Waals surface area contributed by atoms with E-state index in [1.807, 2.05) is 0 Å². The Morgan fingerprint density at radius 3 is 2.61 bits per heavy atom. The number of halogens is 2. The summed E-state index contributed by atoms with van der Waals surface area (Å²) in [4.78, 5) is 33.3. The van der Waals surface area contributed by atoms with Gasteiger partial charge in [-0.15, -0.1) is 0 Å². The molecule has 5 rings (SSSR count). The van der Waals surface area contributed by atoms with Gasteiger partial charge in [0.1, 0.15) is 23.9 Å². The SMILES string of the molecule is O=c1c(NC(=O)[C@H]2C[C@@H](F)C2)c[nH]/c(=N\c2ccc(Oc3ccon3)cc2)n1Cc1ccc(Cl)cc1. The second-order valence-electron chi connectivity index (χ2n) is 8.34. The van der Waals surface area contributed by atoms with E-state index in [-0.39, 0.29) is 36.6 Å². The first-order valence-electron chi connectivity index (χ1n) is 11.2. The molecule has 2 aromatic heterocycles. The summed E-state index contributed by atoms with van der Waals surface area (Å²) in [6.07, 6.45) is 2.16. The van der Waals surface area contributed by atoms with Crippen molar-refractivity contribution in [3.05, 3.63) is 93.6 Å². The minimum Gasteiger partial charge on any atom is -0.436 e. The van der Waals surface area contributed by atoms with Crippen LogP contribution in [0, 0.1) is 5.92 Å². The number of anilines is 1. The maximum absolute atomic E-state index is 13.3. The number of aromatic nitrogens is 3. The van der Waals surface area contributed by atoms with Crippen LogP contribution in [0.1, 0.15) is 18.4 Å². The second-order valence-corrected chi connectivity index (χ2v) is 8.78. The fourth-order valence-electron chi connectivity index (χ4n) is 3.70. The highest BCUT2D eigenvalue weighted by Crippen LogP contribution is 2.30. The van der Waals surface area contributed by atoms with E-state index in [4.69, 9.17) is 20.9 Å². The van der Waals surface area contributed by atoms with E-state index in [0.29, 0.717) is 22.3 Å². The van der Waals surface area contributed by atoms with Gasteiger partial charge < -0.3 is 19.6 Å². The summed E-state index contributed by atoms with van der Waals surface area (Å²) >= 11 is 6.00. The Bertz CT molecular complexity index is 1470. The largest absolute Gasteiger partial charge is 0.436 e. The Labute approximate surface area is 209 Å². The number of hydrogen-bond donors (Lipinski definition) is 2. The van der Waals surface area contributed by atoms with Gasteiger partial charge in [0, 0.05) is 23.2 Å². The molecule has 11 heteroatoms. The molecule has 1 aliphatic carbocycles. The fraction of sp³-hybridized carbons (Fsp3) is 0.200. The average Bonchev–Trinajstić information content (AvgIpc) is 3.36. The van der Waals surface area contributed by atoms with Gasteiger partial charge >= 0.3 is 0 Å². The third kappa shape index (κ3) is 5.38. The van der Waals surface area contributed by atoms with Crippen LogP contribution in [-0.2, 0) is 11.3 Å². The van der Waals surface area contributed by atoms with E-state index >= 15 is 0 Å². The van der Waals surface area contributed by atoms with Crippen molar-refractivity contribution in [2.45, 2.75) is 25.6 Å². The van der Waals surface area contributed by atoms with E-state index in [1.165, 1.54) is 17.0 Å². The number of carbonyl (C=O) groups excluding carboxylic acids is 1. The van der Waals surface area contributed by atoms with Crippen LogP contribution in [0.3, 0.4) is 0 Å². The summed E-state index contributed by atoms with van der Waals surface area (Å²) in [5, 5.41) is 6.90. The van der Waals surface area contributed by atoms with Crippen molar-refractivity contribution in [1.82, 2.24) is 14.7 Å². The van der Waals surface area contributed by atoms with Crippen molar-refractivity contribution in [2.24, 2.45) is 10.9 Å². The molecular weight excluding hydrogens is 489 g/mol. The normalized spacial score (nSPS) is 17.4. The summed E-state index contributed by atoms with van der Waals surface area (Å²) in [7, 11) is 0. The van der Waals surface area contributed by atoms with Crippen LogP contribution in [0.2, 0.25) is 5.02 Å². The Balaban J connectivity index is 1.46. The second kappa shape index (κ2) is 10.2. The quantitative estimate of drug-likeness (QED) is 0.378. The van der Waals surface area contributed by atoms with Gasteiger partial charge in [-0.1, -0.05) is 23.7 Å². The molecule has 2 heterocycles. The number of amides is 1. The number of aromatic amines is 1. The maximum Gasteiger partial charge on any atom is 0.278 e. The summed E-state index contributed by atoms with van der Waals surface area (Å²) in [6.45, 7) is 0.179. The number of nitrogens with zero attached hydrogens (tertiary/aromatic N) is 3. The highest BCUT2D eigenvalue weighted by atomic mass is 35.5. The molecule has 2 aromatic carbocycles. The number of alkyl halides is 1. The minimum absolute atomic E-state index is 0.0616. The van der Waals surface area contributed by atoms with Crippen LogP contribution >= 0.6 is 11.6 Å². The third-order valence-electron chi connectivity index (χ3n) is 5.75. The van der Waals surface area contributed by atoms with Crippen molar-refractivity contribution >= 4 is 28.9 Å². The summed E-state index contributed by atoms with van der Waals surface area (Å²) in [6, 6.07) is 15.5. The molecule has 1 saturated carbocycles. The molecule has 184 valence electrons. The molecule has 0 bridgehead atoms. The zero-order valence-electron chi connectivity index (χ0n) is 18.9. The Morgan fingerprint density at radius 2 is 1.94 bits per heavy atom. The molecule has 0 radical (unpaired) electrons. The summed E-state index contributed by atoms with van der Waals surface area (Å²) in [5.74, 6) is 0.0487. The average molecular weight is 510 g/mol. The highest BCUT2D eigenvalue weighted by molar-refractivity contribution is 6.30. The molecule has 1 fully saturated rings. The first-order valence-corrected chi connectivity index (χ1v) is 11.6. The predicted octanol–water partition coefficient (Wildman–Crippen LogP) is 4.58. The van der Waals surface area contributed by atoms with Crippen molar-refractivity contribution in [1.29, 1.82) is 0 Å². The topological polar surface area (TPSA) is 115 Å². The Hall–Kier alpha value is -4.18. The standard InChI is InChI=1S/C25H21ClFN5O4/c26-17-3-1-15(2-4-17)14-32-24(34)21(30-23(33)16-11-18(27)12-16)13-28-25(32)29-19-5-7-20(8-6-19)36-22-9-10-35-31-22/h1-10,13,16,18H,11-12,14H2,(H,28,29)(H,30,33)/t16-,18+. The maximum atomic E-state index is 13.3. The van der Waals surface area contributed by atoms with Crippen LogP contribution < -0.4 is 21.2 Å². The molecule has 1 amide bonds. The van der Waals surface area contributed by atoms with Gasteiger partial charge in [0.05, 0.1) is 12.2 Å². The minimum atomic E-state index is -0.970. The molecule has 1 aliphatic rings. The van der Waals surface area contributed by atoms with Gasteiger partial charge in [-0.3, -0.25) is 14.2 Å². The van der Waals surface area contributed by atoms with Crippen LogP contribution in [0.15, 0.2) is 81.4 Å². The zero-order valence-corrected chi connectivity index (χ0v) is 19.6. The lowest BCUT2D eigenvalue weighted by molar-refractivity contribution is -0.124. The van der Waals surface area contributed by atoms with E-state index in [0.717, 1.165) is 5.56 Å². The van der Waals surface area contributed by atoms with E-state index in [1.54, 1.807) is 54.6 Å². The van der Waals surface area contributed by atoms with Crippen molar-refractivity contribution < 1.29 is 18.4 Å². The summed E-state index contributed by atoms with van der Waals surface area (Å²) in [5.41, 5.74) is 1.25. The first kappa shape index (κ1) is 23.6. The van der Waals surface area contributed by atoms with Gasteiger partial charge in [-0.05, 0) is 60.0 Å². The molecule has 9 nitrogen and oxygen atoms in total. The Kier molecular flexibility index (Phi) is 6.68. The molecule has 2 N–H and O–H groups in total. The first-order chi connectivity index (χ1) is 17.4. The van der Waals surface area contributed by atoms with Crippen molar-refractivity contribution in [2.75, 3.05) is 5.32 Å². The molecule has 0 saturated heterocycles. The zero-order chi connectivity index (χ0) is 25.1. The smallest absolute Gasteiger partial charge is 0.278 e. The predicted molar refractivity (Wildman–Crippen MR) is 130 cm³/mol. The number of hydrogen-bond acceptors (Lipinski definition) is 6. The van der Waals surface area contributed by atoms with Crippen LogP contribution in [0.4, 0.5) is 15.8 Å². The van der Waals surface area contributed by atoms with Gasteiger partial charge in [0.2, 0.25) is 11.5 Å². The van der Waals surface area contributed by atoms with E-state index < -0.39 is 17.6 Å². The van der Waals surface area contributed by atoms with Crippen LogP contribution in [0.5, 0.6) is 11.6 Å². The van der Waals surface area contributed by atoms with Gasteiger partial charge in [0.15, 0.2) is 0 Å². The lowest BCUT2D eigenvalue weighted by Crippen LogP contribution is -2.40. The van der Waals surface area contributed by atoms with Gasteiger partial charge in [0.25, 0.3) is 11.4 Å². The molecular formula is C25H21ClFN5O4. The molecule has 0 spiro atoms. The molecule has 0 atom stereocenters. The Morgan fingerprint density at radius 1 is 1.19 bits per heavy atom. The van der Waals surface area contributed by atoms with E-state index in [2.05, 4.69) is 20.4 Å². The summed E-state index contributed by atoms with van der Waals surface area (Å²) < 4.78 is 24.9. The fourth-order valence-corrected chi connectivity index (χ4v) is 3.83. The van der Waals surface area contributed by atoms with Crippen molar-refractivity contribution in [3.8, 4) is 11.6 Å². The number of benzene rings is 2. The molecule has 0 unspecified atom stereocenters. The molecule has 0 aliphatic heterocycles. The van der Waals surface area contributed by atoms with Crippen molar-refractivity contribution in [3.63, 3.8) is 0 Å². The number of rotatable bonds is 7. The monoisotopic (exact) mass is 509 g/mol. The van der Waals surface area contributed by atoms with Gasteiger partial charge in [-0.2, -0.15) is 0 Å². The number of ether oxygens (including phenoxy) is 1. The van der Waals surface area contributed by atoms with Gasteiger partial charge in [-0.25, -0.2) is 9.38 Å². The van der Waals surface area contributed by atoms with Crippen LogP contribution in [-0.4, -0.2) is 26.8 Å². The highest BCUT2D eigenvalue weighted by Gasteiger charge is 2.34. The lowest BCUT2D eigenvalue weighted by Gasteiger charge is -2.28. The third-order valence-corrected chi connectivity index (χ3v) is 6.00. The number of nitrogens with one attached hydrogen (secondary N) is 2. The molecule has 4 aromatic rings. The number of carbonyl (C=O) groups is 1. The lowest BCUT2D eigenvalue weighted by atomic mass is 9.83.